The fraction of sp³-hybridized carbons (Fsp3) is 0.556. The van der Waals surface area contributed by atoms with Crippen molar-refractivity contribution >= 4 is 16.8 Å². The zero-order valence-corrected chi connectivity index (χ0v) is 14.5. The topological polar surface area (TPSA) is 56.5 Å². The van der Waals surface area contributed by atoms with E-state index in [4.69, 9.17) is 4.74 Å². The van der Waals surface area contributed by atoms with Gasteiger partial charge in [-0.15, -0.1) is 0 Å². The van der Waals surface area contributed by atoms with Crippen LogP contribution in [0.4, 0.5) is 0 Å². The zero-order chi connectivity index (χ0) is 17.1. The Morgan fingerprint density at radius 3 is 2.62 bits per heavy atom. The molecular weight excluding hydrogens is 306 g/mol. The van der Waals surface area contributed by atoms with Crippen molar-refractivity contribution in [3.05, 3.63) is 33.9 Å². The molecule has 2 aromatic rings. The number of aryl methyl sites for hydroxylation is 3. The van der Waals surface area contributed by atoms with Crippen LogP contribution in [0.1, 0.15) is 35.2 Å². The van der Waals surface area contributed by atoms with Crippen LogP contribution in [0.15, 0.2) is 17.2 Å². The van der Waals surface area contributed by atoms with Crippen molar-refractivity contribution in [1.29, 1.82) is 0 Å². The standard InChI is InChI=1S/C18H23N3O3/c1-12-9-20(3)17(23)14-13(10-19(2)15(12)14)16(22)21-7-6-18(21)5-4-8-24-11-18/h9-10H,4-8,11H2,1-3H3. The van der Waals surface area contributed by atoms with Gasteiger partial charge in [0.2, 0.25) is 0 Å². The van der Waals surface area contributed by atoms with Gasteiger partial charge in [0.25, 0.3) is 11.5 Å². The Hall–Kier alpha value is -2.08. The summed E-state index contributed by atoms with van der Waals surface area (Å²) < 4.78 is 9.08. The third-order valence-electron chi connectivity index (χ3n) is 5.63. The molecule has 2 aromatic heterocycles. The number of likely N-dealkylation sites (tertiary alicyclic amines) is 1. The van der Waals surface area contributed by atoms with Gasteiger partial charge >= 0.3 is 0 Å². The van der Waals surface area contributed by atoms with Crippen LogP contribution in [-0.4, -0.2) is 45.2 Å². The molecule has 0 aromatic carbocycles. The summed E-state index contributed by atoms with van der Waals surface area (Å²) in [5, 5.41) is 0.531. The van der Waals surface area contributed by atoms with Crippen LogP contribution in [-0.2, 0) is 18.8 Å². The molecule has 1 atom stereocenters. The number of hydrogen-bond donors (Lipinski definition) is 0. The van der Waals surface area contributed by atoms with E-state index in [1.165, 1.54) is 0 Å². The minimum Gasteiger partial charge on any atom is -0.379 e. The molecule has 4 heterocycles. The van der Waals surface area contributed by atoms with E-state index >= 15 is 0 Å². The van der Waals surface area contributed by atoms with E-state index in [0.717, 1.165) is 43.5 Å². The van der Waals surface area contributed by atoms with Crippen molar-refractivity contribution in [2.45, 2.75) is 31.7 Å². The maximum atomic E-state index is 13.2. The highest BCUT2D eigenvalue weighted by atomic mass is 16.5. The van der Waals surface area contributed by atoms with Crippen molar-refractivity contribution in [2.24, 2.45) is 14.1 Å². The normalized spacial score (nSPS) is 23.7. The average molecular weight is 329 g/mol. The van der Waals surface area contributed by atoms with Crippen molar-refractivity contribution in [3.63, 3.8) is 0 Å². The van der Waals surface area contributed by atoms with Gasteiger partial charge in [0.15, 0.2) is 0 Å². The molecule has 2 aliphatic rings. The fourth-order valence-electron chi connectivity index (χ4n) is 4.32. The largest absolute Gasteiger partial charge is 0.379 e. The summed E-state index contributed by atoms with van der Waals surface area (Å²) in [5.41, 5.74) is 2.08. The molecule has 2 aliphatic heterocycles. The Labute approximate surface area is 140 Å². The van der Waals surface area contributed by atoms with Gasteiger partial charge in [-0.2, -0.15) is 0 Å². The molecule has 2 saturated heterocycles. The SMILES string of the molecule is Cc1cn(C)c(=O)c2c(C(=O)N3CCC34CCCOC4)cn(C)c12. The molecule has 4 rings (SSSR count). The lowest BCUT2D eigenvalue weighted by molar-refractivity contribution is -0.0882. The van der Waals surface area contributed by atoms with E-state index in [1.807, 2.05) is 29.6 Å². The molecule has 1 unspecified atom stereocenters. The van der Waals surface area contributed by atoms with Crippen molar-refractivity contribution in [3.8, 4) is 0 Å². The second kappa shape index (κ2) is 5.21. The van der Waals surface area contributed by atoms with Crippen LogP contribution in [0.5, 0.6) is 0 Å². The first-order chi connectivity index (χ1) is 11.4. The fourth-order valence-corrected chi connectivity index (χ4v) is 4.32. The summed E-state index contributed by atoms with van der Waals surface area (Å²) >= 11 is 0. The molecule has 1 amide bonds. The van der Waals surface area contributed by atoms with E-state index in [1.54, 1.807) is 17.8 Å². The predicted octanol–water partition coefficient (Wildman–Crippen LogP) is 1.58. The van der Waals surface area contributed by atoms with E-state index in [-0.39, 0.29) is 17.0 Å². The monoisotopic (exact) mass is 329 g/mol. The summed E-state index contributed by atoms with van der Waals surface area (Å²) in [6.07, 6.45) is 6.58. The van der Waals surface area contributed by atoms with Crippen molar-refractivity contribution in [1.82, 2.24) is 14.0 Å². The third-order valence-corrected chi connectivity index (χ3v) is 5.63. The minimum absolute atomic E-state index is 0.0416. The number of fused-ring (bicyclic) bond motifs is 1. The first-order valence-electron chi connectivity index (χ1n) is 8.50. The molecule has 0 bridgehead atoms. The van der Waals surface area contributed by atoms with Crippen molar-refractivity contribution in [2.75, 3.05) is 19.8 Å². The van der Waals surface area contributed by atoms with Gasteiger partial charge in [-0.3, -0.25) is 9.59 Å². The molecule has 0 N–H and O–H groups in total. The molecule has 6 nitrogen and oxygen atoms in total. The molecule has 6 heteroatoms. The van der Waals surface area contributed by atoms with Crippen LogP contribution < -0.4 is 5.56 Å². The Morgan fingerprint density at radius 2 is 2.00 bits per heavy atom. The molecule has 2 fully saturated rings. The number of pyridine rings is 1. The Balaban J connectivity index is 1.82. The molecule has 128 valence electrons. The lowest BCUT2D eigenvalue weighted by atomic mass is 9.79. The number of aromatic nitrogens is 2. The quantitative estimate of drug-likeness (QED) is 0.798. The third kappa shape index (κ3) is 1.99. The minimum atomic E-state index is -0.160. The number of rotatable bonds is 1. The second-order valence-corrected chi connectivity index (χ2v) is 7.19. The Morgan fingerprint density at radius 1 is 1.21 bits per heavy atom. The molecule has 0 saturated carbocycles. The number of hydrogen-bond acceptors (Lipinski definition) is 3. The van der Waals surface area contributed by atoms with Gasteiger partial charge in [0, 0.05) is 39.6 Å². The van der Waals surface area contributed by atoms with Gasteiger partial charge < -0.3 is 18.8 Å². The summed E-state index contributed by atoms with van der Waals surface area (Å²) in [7, 11) is 3.62. The number of carbonyl (C=O) groups excluding carboxylic acids is 1. The number of carbonyl (C=O) groups is 1. The Bertz CT molecular complexity index is 887. The van der Waals surface area contributed by atoms with Crippen LogP contribution in [0, 0.1) is 6.92 Å². The highest BCUT2D eigenvalue weighted by Gasteiger charge is 2.49. The van der Waals surface area contributed by atoms with Gasteiger partial charge in [-0.1, -0.05) is 0 Å². The van der Waals surface area contributed by atoms with E-state index in [9.17, 15) is 9.59 Å². The van der Waals surface area contributed by atoms with E-state index in [0.29, 0.717) is 17.6 Å². The predicted molar refractivity (Wildman–Crippen MR) is 91.3 cm³/mol. The average Bonchev–Trinajstić information content (AvgIpc) is 2.90. The van der Waals surface area contributed by atoms with Crippen LogP contribution in [0.2, 0.25) is 0 Å². The number of ether oxygens (including phenoxy) is 1. The molecule has 24 heavy (non-hydrogen) atoms. The zero-order valence-electron chi connectivity index (χ0n) is 14.5. The smallest absolute Gasteiger partial charge is 0.260 e. The number of amides is 1. The van der Waals surface area contributed by atoms with E-state index in [2.05, 4.69) is 0 Å². The maximum Gasteiger partial charge on any atom is 0.260 e. The summed E-state index contributed by atoms with van der Waals surface area (Å²) in [4.78, 5) is 27.8. The van der Waals surface area contributed by atoms with Crippen molar-refractivity contribution < 1.29 is 9.53 Å². The summed E-state index contributed by atoms with van der Waals surface area (Å²) in [6, 6.07) is 0. The summed E-state index contributed by atoms with van der Waals surface area (Å²) in [6.45, 7) is 4.10. The maximum absolute atomic E-state index is 13.2. The second-order valence-electron chi connectivity index (χ2n) is 7.19. The highest BCUT2D eigenvalue weighted by Crippen LogP contribution is 2.39. The van der Waals surface area contributed by atoms with Gasteiger partial charge in [-0.25, -0.2) is 0 Å². The van der Waals surface area contributed by atoms with Gasteiger partial charge in [-0.05, 0) is 31.7 Å². The lowest BCUT2D eigenvalue weighted by Gasteiger charge is -2.54. The van der Waals surface area contributed by atoms with Crippen LogP contribution >= 0.6 is 0 Å². The first-order valence-corrected chi connectivity index (χ1v) is 8.50. The van der Waals surface area contributed by atoms with Crippen LogP contribution in [0.25, 0.3) is 10.9 Å². The highest BCUT2D eigenvalue weighted by molar-refractivity contribution is 6.07. The lowest BCUT2D eigenvalue weighted by Crippen LogP contribution is -2.65. The number of nitrogens with zero attached hydrogens (tertiary/aromatic N) is 3. The van der Waals surface area contributed by atoms with Crippen LogP contribution in [0.3, 0.4) is 0 Å². The van der Waals surface area contributed by atoms with Gasteiger partial charge in [0.1, 0.15) is 0 Å². The summed E-state index contributed by atoms with van der Waals surface area (Å²) in [5.74, 6) is -0.0416. The Kier molecular flexibility index (Phi) is 3.35. The van der Waals surface area contributed by atoms with E-state index < -0.39 is 0 Å². The first kappa shape index (κ1) is 15.4. The molecular formula is C18H23N3O3. The molecule has 0 aliphatic carbocycles. The molecule has 1 spiro atoms. The molecule has 0 radical (unpaired) electrons. The van der Waals surface area contributed by atoms with Gasteiger partial charge in [0.05, 0.1) is 28.6 Å².